The number of likely N-dealkylation sites (tertiary alicyclic amines) is 1. The highest BCUT2D eigenvalue weighted by Crippen LogP contribution is 2.22. The van der Waals surface area contributed by atoms with Gasteiger partial charge < -0.3 is 21.2 Å². The van der Waals surface area contributed by atoms with E-state index in [1.54, 1.807) is 11.1 Å². The smallest absolute Gasteiger partial charge is 0.233 e. The molecular formula is C17H22N6O2S. The molecule has 1 amide bonds. The van der Waals surface area contributed by atoms with Crippen LogP contribution in [0.15, 0.2) is 28.9 Å². The van der Waals surface area contributed by atoms with Gasteiger partial charge >= 0.3 is 0 Å². The number of amides is 1. The molecule has 0 aromatic carbocycles. The van der Waals surface area contributed by atoms with Gasteiger partial charge in [0.25, 0.3) is 0 Å². The highest BCUT2D eigenvalue weighted by atomic mass is 32.1. The average molecular weight is 374 g/mol. The second-order valence-corrected chi connectivity index (χ2v) is 7.22. The van der Waals surface area contributed by atoms with Crippen LogP contribution in [0.1, 0.15) is 23.5 Å². The van der Waals surface area contributed by atoms with E-state index >= 15 is 0 Å². The molecule has 3 rings (SSSR count). The van der Waals surface area contributed by atoms with Crippen LogP contribution in [-0.2, 0) is 11.3 Å². The third kappa shape index (κ3) is 4.29. The minimum atomic E-state index is -0.176. The van der Waals surface area contributed by atoms with E-state index in [-0.39, 0.29) is 17.8 Å². The molecule has 0 aliphatic carbocycles. The molecule has 1 saturated heterocycles. The minimum Gasteiger partial charge on any atom is -0.408 e. The molecular weight excluding hydrogens is 352 g/mol. The maximum Gasteiger partial charge on any atom is 0.233 e. The molecule has 0 spiro atoms. The molecule has 0 radical (unpaired) electrons. The van der Waals surface area contributed by atoms with Gasteiger partial charge in [-0.2, -0.15) is 0 Å². The zero-order chi connectivity index (χ0) is 18.5. The number of pyridine rings is 1. The number of aromatic nitrogens is 2. The number of nitrogens with one attached hydrogen (secondary N) is 1. The van der Waals surface area contributed by atoms with Gasteiger partial charge in [-0.05, 0) is 31.9 Å². The van der Waals surface area contributed by atoms with Gasteiger partial charge in [-0.15, -0.1) is 11.3 Å². The fourth-order valence-electron chi connectivity index (χ4n) is 2.91. The quantitative estimate of drug-likeness (QED) is 0.323. The SMILES string of the molecule is Cc1ccc(-c2csc(CNC(=O)[C@H]3CCCN(/C(N)=N/O)C3)n2)cn1. The predicted octanol–water partition coefficient (Wildman–Crippen LogP) is 1.55. The second-order valence-electron chi connectivity index (χ2n) is 6.28. The van der Waals surface area contributed by atoms with Crippen LogP contribution in [0.4, 0.5) is 0 Å². The van der Waals surface area contributed by atoms with Gasteiger partial charge in [0, 0.05) is 35.9 Å². The molecule has 8 nitrogen and oxygen atoms in total. The van der Waals surface area contributed by atoms with Gasteiger partial charge in [-0.3, -0.25) is 9.78 Å². The summed E-state index contributed by atoms with van der Waals surface area (Å²) >= 11 is 1.51. The molecule has 4 N–H and O–H groups in total. The standard InChI is InChI=1S/C17H22N6O2S/c1-11-4-5-12(7-19-11)14-10-26-15(21-14)8-20-16(24)13-3-2-6-23(9-13)17(18)22-25/h4-5,7,10,13,25H,2-3,6,8-9H2,1H3,(H2,18,22)(H,20,24)/t13-/m0/s1. The van der Waals surface area contributed by atoms with Gasteiger partial charge in [-0.1, -0.05) is 5.16 Å². The molecule has 2 aromatic heterocycles. The molecule has 1 aliphatic heterocycles. The summed E-state index contributed by atoms with van der Waals surface area (Å²) in [7, 11) is 0. The van der Waals surface area contributed by atoms with Crippen LogP contribution in [0, 0.1) is 12.8 Å². The number of thiazole rings is 1. The minimum absolute atomic E-state index is 0.0332. The number of carbonyl (C=O) groups excluding carboxylic acids is 1. The Morgan fingerprint density at radius 2 is 2.38 bits per heavy atom. The fraction of sp³-hybridized carbons (Fsp3) is 0.412. The van der Waals surface area contributed by atoms with Gasteiger partial charge in [0.15, 0.2) is 0 Å². The van der Waals surface area contributed by atoms with Crippen molar-refractivity contribution in [2.24, 2.45) is 16.8 Å². The van der Waals surface area contributed by atoms with Crippen molar-refractivity contribution in [1.82, 2.24) is 20.2 Å². The van der Waals surface area contributed by atoms with Crippen molar-refractivity contribution in [3.05, 3.63) is 34.4 Å². The van der Waals surface area contributed by atoms with Crippen LogP contribution >= 0.6 is 11.3 Å². The van der Waals surface area contributed by atoms with Crippen LogP contribution in [0.5, 0.6) is 0 Å². The Morgan fingerprint density at radius 1 is 1.54 bits per heavy atom. The Balaban J connectivity index is 1.55. The second kappa shape index (κ2) is 8.13. The molecule has 0 saturated carbocycles. The van der Waals surface area contributed by atoms with Gasteiger partial charge in [-0.25, -0.2) is 4.98 Å². The summed E-state index contributed by atoms with van der Waals surface area (Å²) in [6.45, 7) is 3.49. The number of hydrogen-bond donors (Lipinski definition) is 3. The molecule has 0 unspecified atom stereocenters. The lowest BCUT2D eigenvalue weighted by Gasteiger charge is -2.31. The number of carbonyl (C=O) groups is 1. The Bertz CT molecular complexity index is 789. The molecule has 138 valence electrons. The van der Waals surface area contributed by atoms with E-state index in [4.69, 9.17) is 10.9 Å². The van der Waals surface area contributed by atoms with E-state index in [2.05, 4.69) is 20.4 Å². The summed E-state index contributed by atoms with van der Waals surface area (Å²) in [5, 5.41) is 17.6. The molecule has 9 heteroatoms. The van der Waals surface area contributed by atoms with Crippen molar-refractivity contribution >= 4 is 23.2 Å². The van der Waals surface area contributed by atoms with Gasteiger partial charge in [0.05, 0.1) is 18.2 Å². The number of piperidine rings is 1. The normalized spacial score (nSPS) is 18.0. The Labute approximate surface area is 155 Å². The number of guanidine groups is 1. The summed E-state index contributed by atoms with van der Waals surface area (Å²) in [5.41, 5.74) is 8.41. The zero-order valence-electron chi connectivity index (χ0n) is 14.6. The monoisotopic (exact) mass is 374 g/mol. The van der Waals surface area contributed by atoms with E-state index < -0.39 is 0 Å². The fourth-order valence-corrected chi connectivity index (χ4v) is 3.66. The van der Waals surface area contributed by atoms with Crippen molar-refractivity contribution in [3.63, 3.8) is 0 Å². The van der Waals surface area contributed by atoms with Crippen LogP contribution < -0.4 is 11.1 Å². The van der Waals surface area contributed by atoms with E-state index in [9.17, 15) is 4.79 Å². The van der Waals surface area contributed by atoms with Crippen molar-refractivity contribution in [2.45, 2.75) is 26.3 Å². The van der Waals surface area contributed by atoms with Crippen molar-refractivity contribution in [1.29, 1.82) is 0 Å². The van der Waals surface area contributed by atoms with E-state index in [0.717, 1.165) is 34.8 Å². The number of aryl methyl sites for hydroxylation is 1. The Hall–Kier alpha value is -2.68. The first-order valence-corrected chi connectivity index (χ1v) is 9.32. The van der Waals surface area contributed by atoms with Crippen molar-refractivity contribution in [3.8, 4) is 11.3 Å². The van der Waals surface area contributed by atoms with Gasteiger partial charge in [0.2, 0.25) is 11.9 Å². The molecule has 3 heterocycles. The molecule has 1 atom stereocenters. The molecule has 1 fully saturated rings. The van der Waals surface area contributed by atoms with Crippen molar-refractivity contribution in [2.75, 3.05) is 13.1 Å². The zero-order valence-corrected chi connectivity index (χ0v) is 15.4. The van der Waals surface area contributed by atoms with E-state index in [1.807, 2.05) is 24.4 Å². The average Bonchev–Trinajstić information content (AvgIpc) is 3.15. The lowest BCUT2D eigenvalue weighted by atomic mass is 9.97. The summed E-state index contributed by atoms with van der Waals surface area (Å²) in [6.07, 6.45) is 3.42. The third-order valence-corrected chi connectivity index (χ3v) is 5.24. The first-order chi connectivity index (χ1) is 12.6. The number of hydrogen-bond acceptors (Lipinski definition) is 6. The lowest BCUT2D eigenvalue weighted by molar-refractivity contribution is -0.126. The van der Waals surface area contributed by atoms with Crippen LogP contribution in [0.2, 0.25) is 0 Å². The van der Waals surface area contributed by atoms with Crippen molar-refractivity contribution < 1.29 is 10.0 Å². The first-order valence-electron chi connectivity index (χ1n) is 8.44. The maximum absolute atomic E-state index is 12.4. The number of nitrogens with zero attached hydrogens (tertiary/aromatic N) is 4. The summed E-state index contributed by atoms with van der Waals surface area (Å²) in [6, 6.07) is 3.94. The number of oxime groups is 1. The number of nitrogens with two attached hydrogens (primary N) is 1. The van der Waals surface area contributed by atoms with Crippen LogP contribution in [0.3, 0.4) is 0 Å². The Morgan fingerprint density at radius 3 is 3.12 bits per heavy atom. The largest absolute Gasteiger partial charge is 0.408 e. The molecule has 0 bridgehead atoms. The summed E-state index contributed by atoms with van der Waals surface area (Å²) in [5.74, 6) is -0.155. The molecule has 26 heavy (non-hydrogen) atoms. The third-order valence-electron chi connectivity index (χ3n) is 4.39. The van der Waals surface area contributed by atoms with Gasteiger partial charge in [0.1, 0.15) is 5.01 Å². The van der Waals surface area contributed by atoms with E-state index in [0.29, 0.717) is 19.6 Å². The van der Waals surface area contributed by atoms with Crippen LogP contribution in [-0.4, -0.2) is 45.0 Å². The maximum atomic E-state index is 12.4. The first kappa shape index (κ1) is 18.1. The lowest BCUT2D eigenvalue weighted by Crippen LogP contribution is -2.47. The highest BCUT2D eigenvalue weighted by molar-refractivity contribution is 7.09. The Kier molecular flexibility index (Phi) is 5.67. The predicted molar refractivity (Wildman–Crippen MR) is 99.6 cm³/mol. The van der Waals surface area contributed by atoms with Crippen LogP contribution in [0.25, 0.3) is 11.3 Å². The molecule has 2 aromatic rings. The van der Waals surface area contributed by atoms with E-state index in [1.165, 1.54) is 11.3 Å². The summed E-state index contributed by atoms with van der Waals surface area (Å²) in [4.78, 5) is 23.0. The summed E-state index contributed by atoms with van der Waals surface area (Å²) < 4.78 is 0. The number of rotatable bonds is 4. The molecule has 1 aliphatic rings. The highest BCUT2D eigenvalue weighted by Gasteiger charge is 2.27. The topological polar surface area (TPSA) is 117 Å².